The van der Waals surface area contributed by atoms with E-state index in [1.54, 1.807) is 30.3 Å². The van der Waals surface area contributed by atoms with Crippen molar-refractivity contribution in [3.63, 3.8) is 0 Å². The summed E-state index contributed by atoms with van der Waals surface area (Å²) in [6, 6.07) is 9.85. The van der Waals surface area contributed by atoms with Crippen LogP contribution in [0.1, 0.15) is 6.42 Å². The second-order valence-electron chi connectivity index (χ2n) is 5.46. The second kappa shape index (κ2) is 7.24. The Hall–Kier alpha value is -2.39. The van der Waals surface area contributed by atoms with Crippen LogP contribution in [0.3, 0.4) is 0 Å². The molecule has 2 heterocycles. The summed E-state index contributed by atoms with van der Waals surface area (Å²) in [5, 5.41) is 7.73. The van der Waals surface area contributed by atoms with Gasteiger partial charge in [0.15, 0.2) is 0 Å². The quantitative estimate of drug-likeness (QED) is 0.763. The fourth-order valence-electron chi connectivity index (χ4n) is 2.63. The zero-order valence-electron chi connectivity index (χ0n) is 14.0. The van der Waals surface area contributed by atoms with Gasteiger partial charge >= 0.3 is 0 Å². The maximum atomic E-state index is 12.8. The number of methoxy groups -OCH3 is 2. The van der Waals surface area contributed by atoms with E-state index in [2.05, 4.69) is 10.2 Å². The number of para-hydroxylation sites is 1. The molecule has 1 aliphatic rings. The highest BCUT2D eigenvalue weighted by atomic mass is 32.2. The van der Waals surface area contributed by atoms with Gasteiger partial charge in [0, 0.05) is 18.7 Å². The largest absolute Gasteiger partial charge is 0.495 e. The molecule has 8 nitrogen and oxygen atoms in total. The average molecular weight is 365 g/mol. The molecule has 3 rings (SSSR count). The fraction of sp³-hybridized carbons (Fsp3) is 0.375. The minimum absolute atomic E-state index is 0.155. The summed E-state index contributed by atoms with van der Waals surface area (Å²) in [6.45, 7) is 0.614. The van der Waals surface area contributed by atoms with Crippen molar-refractivity contribution in [2.45, 2.75) is 17.4 Å². The van der Waals surface area contributed by atoms with Gasteiger partial charge in [-0.15, -0.1) is 10.2 Å². The van der Waals surface area contributed by atoms with Gasteiger partial charge in [-0.2, -0.15) is 4.31 Å². The standard InChI is InChI=1S/C16H19N3O5S/c1-22-13-5-3-4-6-14(13)25(20,21)19-10-9-12(11-19)24-16-8-7-15(23-2)17-18-16/h3-8,12H,9-11H2,1-2H3. The molecule has 1 aromatic carbocycles. The molecule has 0 spiro atoms. The van der Waals surface area contributed by atoms with E-state index < -0.39 is 10.0 Å². The highest BCUT2D eigenvalue weighted by Crippen LogP contribution is 2.29. The molecule has 1 saturated heterocycles. The Morgan fingerprint density at radius 1 is 1.04 bits per heavy atom. The van der Waals surface area contributed by atoms with Gasteiger partial charge in [-0.3, -0.25) is 0 Å². The molecule has 1 atom stereocenters. The van der Waals surface area contributed by atoms with Gasteiger partial charge in [0.25, 0.3) is 0 Å². The molecule has 0 N–H and O–H groups in total. The van der Waals surface area contributed by atoms with E-state index >= 15 is 0 Å². The Morgan fingerprint density at radius 3 is 2.44 bits per heavy atom. The minimum atomic E-state index is -3.65. The number of benzene rings is 1. The van der Waals surface area contributed by atoms with Gasteiger partial charge in [0.1, 0.15) is 16.7 Å². The van der Waals surface area contributed by atoms with Gasteiger partial charge in [-0.25, -0.2) is 8.42 Å². The Labute approximate surface area is 146 Å². The summed E-state index contributed by atoms with van der Waals surface area (Å²) in [6.07, 6.45) is 0.286. The molecule has 0 saturated carbocycles. The molecule has 25 heavy (non-hydrogen) atoms. The minimum Gasteiger partial charge on any atom is -0.495 e. The molecular weight excluding hydrogens is 346 g/mol. The van der Waals surface area contributed by atoms with E-state index in [1.165, 1.54) is 24.6 Å². The first kappa shape index (κ1) is 17.4. The number of nitrogens with zero attached hydrogens (tertiary/aromatic N) is 3. The van der Waals surface area contributed by atoms with Gasteiger partial charge in [-0.05, 0) is 18.6 Å². The van der Waals surface area contributed by atoms with Crippen LogP contribution in [-0.2, 0) is 10.0 Å². The third kappa shape index (κ3) is 3.67. The molecule has 2 aromatic rings. The number of rotatable bonds is 6. The molecule has 134 valence electrons. The zero-order valence-corrected chi connectivity index (χ0v) is 14.8. The lowest BCUT2D eigenvalue weighted by Crippen LogP contribution is -2.31. The van der Waals surface area contributed by atoms with Gasteiger partial charge < -0.3 is 14.2 Å². The van der Waals surface area contributed by atoms with Crippen LogP contribution in [0.15, 0.2) is 41.3 Å². The Bertz CT molecular complexity index is 826. The van der Waals surface area contributed by atoms with Crippen molar-refractivity contribution in [1.29, 1.82) is 0 Å². The first-order chi connectivity index (χ1) is 12.0. The van der Waals surface area contributed by atoms with Crippen LogP contribution in [0, 0.1) is 0 Å². The van der Waals surface area contributed by atoms with Crippen molar-refractivity contribution >= 4 is 10.0 Å². The molecule has 1 aliphatic heterocycles. The average Bonchev–Trinajstić information content (AvgIpc) is 3.11. The number of aromatic nitrogens is 2. The van der Waals surface area contributed by atoms with E-state index in [9.17, 15) is 8.42 Å². The molecular formula is C16H19N3O5S. The lowest BCUT2D eigenvalue weighted by atomic mass is 10.3. The van der Waals surface area contributed by atoms with Crippen molar-refractivity contribution in [3.8, 4) is 17.5 Å². The molecule has 0 bridgehead atoms. The van der Waals surface area contributed by atoms with Gasteiger partial charge in [-0.1, -0.05) is 12.1 Å². The van der Waals surface area contributed by atoms with Crippen LogP contribution in [0.2, 0.25) is 0 Å². The first-order valence-corrected chi connectivity index (χ1v) is 9.16. The Kier molecular flexibility index (Phi) is 5.05. The lowest BCUT2D eigenvalue weighted by Gasteiger charge is -2.18. The molecule has 9 heteroatoms. The monoisotopic (exact) mass is 365 g/mol. The van der Waals surface area contributed by atoms with Crippen molar-refractivity contribution in [2.24, 2.45) is 0 Å². The summed E-state index contributed by atoms with van der Waals surface area (Å²) < 4.78 is 42.9. The van der Waals surface area contributed by atoms with Gasteiger partial charge in [0.05, 0.1) is 20.8 Å². The summed E-state index contributed by atoms with van der Waals surface area (Å²) in [5.41, 5.74) is 0. The fourth-order valence-corrected chi connectivity index (χ4v) is 4.28. The molecule has 0 radical (unpaired) electrons. The van der Waals surface area contributed by atoms with Crippen molar-refractivity contribution in [3.05, 3.63) is 36.4 Å². The third-order valence-electron chi connectivity index (χ3n) is 3.91. The molecule has 1 unspecified atom stereocenters. The van der Waals surface area contributed by atoms with Crippen LogP contribution in [-0.4, -0.2) is 56.3 Å². The predicted molar refractivity (Wildman–Crippen MR) is 89.4 cm³/mol. The van der Waals surface area contributed by atoms with Crippen LogP contribution < -0.4 is 14.2 Å². The maximum absolute atomic E-state index is 12.8. The van der Waals surface area contributed by atoms with E-state index in [0.29, 0.717) is 30.5 Å². The van der Waals surface area contributed by atoms with E-state index in [-0.39, 0.29) is 17.5 Å². The Balaban J connectivity index is 1.71. The van der Waals surface area contributed by atoms with Crippen LogP contribution >= 0.6 is 0 Å². The summed E-state index contributed by atoms with van der Waals surface area (Å²) >= 11 is 0. The number of hydrogen-bond acceptors (Lipinski definition) is 7. The van der Waals surface area contributed by atoms with Crippen LogP contribution in [0.4, 0.5) is 0 Å². The van der Waals surface area contributed by atoms with Crippen molar-refractivity contribution in [2.75, 3.05) is 27.3 Å². The highest BCUT2D eigenvalue weighted by molar-refractivity contribution is 7.89. The summed E-state index contributed by atoms with van der Waals surface area (Å²) in [4.78, 5) is 0.155. The first-order valence-electron chi connectivity index (χ1n) is 7.72. The summed E-state index contributed by atoms with van der Waals surface area (Å²) in [5.74, 6) is 1.05. The second-order valence-corrected chi connectivity index (χ2v) is 7.36. The molecule has 1 aromatic heterocycles. The SMILES string of the molecule is COc1ccc(OC2CCN(S(=O)(=O)c3ccccc3OC)C2)nn1. The lowest BCUT2D eigenvalue weighted by molar-refractivity contribution is 0.203. The van der Waals surface area contributed by atoms with Crippen molar-refractivity contribution in [1.82, 2.24) is 14.5 Å². The highest BCUT2D eigenvalue weighted by Gasteiger charge is 2.35. The van der Waals surface area contributed by atoms with Crippen LogP contribution in [0.25, 0.3) is 0 Å². The number of hydrogen-bond donors (Lipinski definition) is 0. The van der Waals surface area contributed by atoms with E-state index in [1.807, 2.05) is 0 Å². The Morgan fingerprint density at radius 2 is 1.76 bits per heavy atom. The van der Waals surface area contributed by atoms with Crippen molar-refractivity contribution < 1.29 is 22.6 Å². The third-order valence-corrected chi connectivity index (χ3v) is 5.81. The molecule has 0 aliphatic carbocycles. The zero-order chi connectivity index (χ0) is 17.9. The van der Waals surface area contributed by atoms with E-state index in [0.717, 1.165) is 0 Å². The molecule has 0 amide bonds. The maximum Gasteiger partial charge on any atom is 0.246 e. The number of ether oxygens (including phenoxy) is 3. The predicted octanol–water partition coefficient (Wildman–Crippen LogP) is 1.34. The normalized spacial score (nSPS) is 18.1. The summed E-state index contributed by atoms with van der Waals surface area (Å²) in [7, 11) is -0.692. The topological polar surface area (TPSA) is 90.9 Å². The van der Waals surface area contributed by atoms with Gasteiger partial charge in [0.2, 0.25) is 21.8 Å². The van der Waals surface area contributed by atoms with E-state index in [4.69, 9.17) is 14.2 Å². The number of sulfonamides is 1. The smallest absolute Gasteiger partial charge is 0.246 e. The van der Waals surface area contributed by atoms with Crippen LogP contribution in [0.5, 0.6) is 17.5 Å². The molecule has 1 fully saturated rings.